The molecule has 1 rings (SSSR count). The molecule has 188 valence electrons. The molecule has 0 spiro atoms. The van der Waals surface area contributed by atoms with E-state index in [1.54, 1.807) is 12.1 Å². The lowest BCUT2D eigenvalue weighted by Crippen LogP contribution is -2.49. The standard InChI is InChI=1S/C19H41BrN.C7H8O3S/c1-4-7-10-13-16-21(19-20,17-14-11-8-5-2)18-15-12-9-6-3;1-6-2-4-7(5-3-6)11(8,9)10/h4-19H2,1-3H3;2-5H,1H3,(H,8,9,10)/q+1;/p-1. The number of benzene rings is 1. The number of halogens is 1. The Morgan fingerprint density at radius 2 is 1.09 bits per heavy atom. The zero-order valence-corrected chi connectivity index (χ0v) is 23.5. The van der Waals surface area contributed by atoms with E-state index < -0.39 is 10.1 Å². The molecule has 32 heavy (non-hydrogen) atoms. The van der Waals surface area contributed by atoms with Gasteiger partial charge in [-0.15, -0.1) is 0 Å². The maximum absolute atomic E-state index is 10.4. The number of aryl methyl sites for hydroxylation is 1. The first-order valence-electron chi connectivity index (χ1n) is 12.7. The van der Waals surface area contributed by atoms with Crippen molar-refractivity contribution in [2.75, 3.05) is 25.1 Å². The molecule has 0 heterocycles. The van der Waals surface area contributed by atoms with Crippen LogP contribution < -0.4 is 0 Å². The van der Waals surface area contributed by atoms with Gasteiger partial charge in [-0.1, -0.05) is 77.0 Å². The van der Waals surface area contributed by atoms with Gasteiger partial charge >= 0.3 is 0 Å². The Kier molecular flexibility index (Phi) is 18.7. The first kappa shape index (κ1) is 31.6. The lowest BCUT2D eigenvalue weighted by Gasteiger charge is -2.37. The minimum atomic E-state index is -4.27. The fourth-order valence-electron chi connectivity index (χ4n) is 3.84. The van der Waals surface area contributed by atoms with Crippen LogP contribution in [0, 0.1) is 6.92 Å². The zero-order valence-electron chi connectivity index (χ0n) is 21.1. The van der Waals surface area contributed by atoms with E-state index in [1.807, 2.05) is 6.92 Å². The topological polar surface area (TPSA) is 57.2 Å². The van der Waals surface area contributed by atoms with Crippen molar-refractivity contribution in [1.82, 2.24) is 0 Å². The second-order valence-electron chi connectivity index (χ2n) is 9.08. The highest BCUT2D eigenvalue weighted by Gasteiger charge is 2.24. The number of quaternary nitrogens is 1. The van der Waals surface area contributed by atoms with Crippen LogP contribution in [0.15, 0.2) is 29.2 Å². The summed E-state index contributed by atoms with van der Waals surface area (Å²) in [7, 11) is -4.27. The largest absolute Gasteiger partial charge is 0.744 e. The van der Waals surface area contributed by atoms with E-state index in [4.69, 9.17) is 0 Å². The number of rotatable bonds is 17. The maximum Gasteiger partial charge on any atom is 0.134 e. The van der Waals surface area contributed by atoms with Crippen LogP contribution in [0.3, 0.4) is 0 Å². The van der Waals surface area contributed by atoms with Crippen molar-refractivity contribution in [3.63, 3.8) is 0 Å². The minimum Gasteiger partial charge on any atom is -0.744 e. The van der Waals surface area contributed by atoms with E-state index >= 15 is 0 Å². The summed E-state index contributed by atoms with van der Waals surface area (Å²) in [6.45, 7) is 12.9. The van der Waals surface area contributed by atoms with Gasteiger partial charge in [-0.3, -0.25) is 0 Å². The molecule has 0 unspecified atom stereocenters. The number of nitrogens with zero attached hydrogens (tertiary/aromatic N) is 1. The second kappa shape index (κ2) is 18.9. The van der Waals surface area contributed by atoms with Gasteiger partial charge in [-0.2, -0.15) is 0 Å². The minimum absolute atomic E-state index is 0.178. The van der Waals surface area contributed by atoms with Crippen molar-refractivity contribution in [2.45, 2.75) is 110 Å². The van der Waals surface area contributed by atoms with Crippen LogP contribution in [0.1, 0.15) is 103 Å². The molecule has 0 saturated carbocycles. The molecule has 0 aliphatic heterocycles. The van der Waals surface area contributed by atoms with Gasteiger partial charge in [0.15, 0.2) is 0 Å². The summed E-state index contributed by atoms with van der Waals surface area (Å²) in [5.74, 6) is 0. The lowest BCUT2D eigenvalue weighted by atomic mass is 10.1. The van der Waals surface area contributed by atoms with Crippen LogP contribution in [0.5, 0.6) is 0 Å². The van der Waals surface area contributed by atoms with Crippen LogP contribution in [-0.4, -0.2) is 42.5 Å². The van der Waals surface area contributed by atoms with Gasteiger partial charge in [0.25, 0.3) is 0 Å². The van der Waals surface area contributed by atoms with Crippen LogP contribution in [-0.2, 0) is 10.1 Å². The molecule has 0 saturated heterocycles. The fraction of sp³-hybridized carbons (Fsp3) is 0.769. The number of alkyl halides is 1. The Morgan fingerprint density at radius 3 is 1.38 bits per heavy atom. The van der Waals surface area contributed by atoms with E-state index in [1.165, 1.54) is 113 Å². The first-order valence-corrected chi connectivity index (χ1v) is 15.2. The first-order chi connectivity index (χ1) is 15.2. The van der Waals surface area contributed by atoms with E-state index in [9.17, 15) is 13.0 Å². The zero-order chi connectivity index (χ0) is 24.3. The highest BCUT2D eigenvalue weighted by Crippen LogP contribution is 2.19. The second-order valence-corrected chi connectivity index (χ2v) is 11.0. The van der Waals surface area contributed by atoms with Gasteiger partial charge in [0.2, 0.25) is 0 Å². The number of hydrogen-bond donors (Lipinski definition) is 0. The van der Waals surface area contributed by atoms with E-state index in [2.05, 4.69) is 36.7 Å². The molecule has 1 aromatic rings. The summed E-state index contributed by atoms with van der Waals surface area (Å²) in [6, 6.07) is 5.78. The summed E-state index contributed by atoms with van der Waals surface area (Å²) >= 11 is 3.85. The molecule has 0 aromatic heterocycles. The molecule has 0 amide bonds. The molecular formula is C26H48BrNO3S. The Morgan fingerprint density at radius 1 is 0.719 bits per heavy atom. The van der Waals surface area contributed by atoms with Crippen molar-refractivity contribution in [3.05, 3.63) is 29.8 Å². The third-order valence-corrected chi connectivity index (χ3v) is 7.93. The van der Waals surface area contributed by atoms with Crippen LogP contribution >= 0.6 is 15.9 Å². The third-order valence-electron chi connectivity index (χ3n) is 6.02. The molecule has 0 aliphatic rings. The summed E-state index contributed by atoms with van der Waals surface area (Å²) in [4.78, 5) is -0.178. The van der Waals surface area contributed by atoms with Crippen molar-refractivity contribution >= 4 is 26.0 Å². The number of hydrogen-bond acceptors (Lipinski definition) is 3. The smallest absolute Gasteiger partial charge is 0.134 e. The molecule has 0 aliphatic carbocycles. The van der Waals surface area contributed by atoms with Crippen LogP contribution in [0.25, 0.3) is 0 Å². The van der Waals surface area contributed by atoms with Gasteiger partial charge in [-0.05, 0) is 73.5 Å². The molecule has 0 radical (unpaired) electrons. The maximum atomic E-state index is 10.4. The SMILES string of the molecule is CCCCCC[N+](CBr)(CCCCCC)CCCCCC.Cc1ccc(S(=O)(=O)[O-])cc1. The predicted octanol–water partition coefficient (Wildman–Crippen LogP) is 7.80. The molecule has 0 fully saturated rings. The average molecular weight is 535 g/mol. The lowest BCUT2D eigenvalue weighted by molar-refractivity contribution is -0.916. The van der Waals surface area contributed by atoms with Gasteiger partial charge in [0, 0.05) is 0 Å². The molecule has 6 heteroatoms. The molecule has 0 atom stereocenters. The molecule has 4 nitrogen and oxygen atoms in total. The van der Waals surface area contributed by atoms with E-state index in [0.717, 1.165) is 11.0 Å². The normalized spacial score (nSPS) is 11.8. The van der Waals surface area contributed by atoms with Gasteiger partial charge in [0.05, 0.1) is 24.5 Å². The highest BCUT2D eigenvalue weighted by atomic mass is 79.9. The monoisotopic (exact) mass is 533 g/mol. The van der Waals surface area contributed by atoms with Gasteiger partial charge in [-0.25, -0.2) is 8.42 Å². The van der Waals surface area contributed by atoms with Crippen LogP contribution in [0.4, 0.5) is 0 Å². The fourth-order valence-corrected chi connectivity index (χ4v) is 5.06. The molecule has 0 N–H and O–H groups in total. The Hall–Kier alpha value is -0.430. The molecular weight excluding hydrogens is 486 g/mol. The summed E-state index contributed by atoms with van der Waals surface area (Å²) in [6.07, 6.45) is 16.8. The van der Waals surface area contributed by atoms with E-state index in [0.29, 0.717) is 0 Å². The van der Waals surface area contributed by atoms with Crippen LogP contribution in [0.2, 0.25) is 0 Å². The average Bonchev–Trinajstić information content (AvgIpc) is 2.77. The Bertz CT molecular complexity index is 631. The Labute approximate surface area is 207 Å². The quantitative estimate of drug-likeness (QED) is 0.0674. The van der Waals surface area contributed by atoms with Crippen molar-refractivity contribution in [2.24, 2.45) is 0 Å². The highest BCUT2D eigenvalue weighted by molar-refractivity contribution is 9.09. The van der Waals surface area contributed by atoms with Gasteiger partial charge in [0.1, 0.15) is 15.6 Å². The van der Waals surface area contributed by atoms with Crippen molar-refractivity contribution in [3.8, 4) is 0 Å². The summed E-state index contributed by atoms with van der Waals surface area (Å²) < 4.78 is 32.5. The summed E-state index contributed by atoms with van der Waals surface area (Å²) in [5.41, 5.74) is 2.09. The third kappa shape index (κ3) is 15.4. The number of unbranched alkanes of at least 4 members (excludes halogenated alkanes) is 9. The van der Waals surface area contributed by atoms with Crippen molar-refractivity contribution in [1.29, 1.82) is 0 Å². The predicted molar refractivity (Wildman–Crippen MR) is 140 cm³/mol. The molecule has 1 aromatic carbocycles. The van der Waals surface area contributed by atoms with Crippen molar-refractivity contribution < 1.29 is 17.5 Å². The Balaban J connectivity index is 0.000000726. The van der Waals surface area contributed by atoms with Gasteiger partial charge < -0.3 is 9.04 Å². The van der Waals surface area contributed by atoms with E-state index in [-0.39, 0.29) is 4.90 Å². The molecule has 0 bridgehead atoms. The summed E-state index contributed by atoms with van der Waals surface area (Å²) in [5, 5.41) is 0.